The summed E-state index contributed by atoms with van der Waals surface area (Å²) in [6.07, 6.45) is 2.29. The number of halogens is 1. The first-order valence-corrected chi connectivity index (χ1v) is 9.68. The number of imide groups is 1. The largest absolute Gasteiger partial charge is 0.324 e. The van der Waals surface area contributed by atoms with Crippen LogP contribution in [0.3, 0.4) is 0 Å². The van der Waals surface area contributed by atoms with Crippen LogP contribution in [-0.2, 0) is 19.9 Å². The maximum absolute atomic E-state index is 14.1. The Kier molecular flexibility index (Phi) is 3.36. The summed E-state index contributed by atoms with van der Waals surface area (Å²) in [7, 11) is 0. The van der Waals surface area contributed by atoms with Crippen LogP contribution < -0.4 is 5.32 Å². The summed E-state index contributed by atoms with van der Waals surface area (Å²) in [6.45, 7) is 4.42. The molecule has 1 aromatic rings. The highest BCUT2D eigenvalue weighted by atomic mass is 19.1. The van der Waals surface area contributed by atoms with Crippen molar-refractivity contribution >= 4 is 23.4 Å². The zero-order valence-corrected chi connectivity index (χ0v) is 15.4. The molecule has 0 aliphatic carbocycles. The summed E-state index contributed by atoms with van der Waals surface area (Å²) in [4.78, 5) is 43.3. The van der Waals surface area contributed by atoms with Crippen LogP contribution in [0.1, 0.15) is 38.7 Å². The normalized spacial score (nSPS) is 35.6. The number of nitrogens with one attached hydrogen (secondary N) is 1. The number of amides is 3. The van der Waals surface area contributed by atoms with Crippen LogP contribution in [0, 0.1) is 17.7 Å². The van der Waals surface area contributed by atoms with Crippen LogP contribution >= 0.6 is 0 Å². The number of rotatable bonds is 2. The highest BCUT2D eigenvalue weighted by molar-refractivity contribution is 6.15. The average molecular weight is 371 g/mol. The summed E-state index contributed by atoms with van der Waals surface area (Å²) in [5.41, 5.74) is -0.243. The van der Waals surface area contributed by atoms with Crippen LogP contribution in [-0.4, -0.2) is 46.1 Å². The lowest BCUT2D eigenvalue weighted by molar-refractivity contribution is -0.147. The Morgan fingerprint density at radius 1 is 1.30 bits per heavy atom. The summed E-state index contributed by atoms with van der Waals surface area (Å²) in [6, 6.07) is 3.84. The van der Waals surface area contributed by atoms with Crippen LogP contribution in [0.25, 0.3) is 0 Å². The maximum Gasteiger partial charge on any atom is 0.250 e. The standard InChI is InChI=1S/C20H22FN3O3/c1-3-10(2)24-17(25)15-14-5-4-8-23(14)20(16(15)18(24)26)12-9-11(21)6-7-13(12)22-19(20)27/h6-7,9-10,14-16H,3-5,8H2,1-2H3,(H,22,27). The minimum atomic E-state index is -1.28. The lowest BCUT2D eigenvalue weighted by Gasteiger charge is -2.37. The molecule has 142 valence electrons. The van der Waals surface area contributed by atoms with Crippen molar-refractivity contribution in [1.82, 2.24) is 9.80 Å². The topological polar surface area (TPSA) is 69.7 Å². The second kappa shape index (κ2) is 5.38. The summed E-state index contributed by atoms with van der Waals surface area (Å²) < 4.78 is 14.1. The van der Waals surface area contributed by atoms with Crippen molar-refractivity contribution < 1.29 is 18.8 Å². The Balaban J connectivity index is 1.74. The van der Waals surface area contributed by atoms with Crippen molar-refractivity contribution in [3.8, 4) is 0 Å². The van der Waals surface area contributed by atoms with Gasteiger partial charge >= 0.3 is 0 Å². The number of carbonyl (C=O) groups is 3. The van der Waals surface area contributed by atoms with Crippen molar-refractivity contribution in [3.05, 3.63) is 29.6 Å². The van der Waals surface area contributed by atoms with Gasteiger partial charge in [-0.25, -0.2) is 4.39 Å². The molecular formula is C20H22FN3O3. The quantitative estimate of drug-likeness (QED) is 0.806. The molecule has 3 fully saturated rings. The summed E-state index contributed by atoms with van der Waals surface area (Å²) in [5.74, 6) is -2.54. The Labute approximate surface area is 156 Å². The molecule has 6 nitrogen and oxygen atoms in total. The molecule has 5 rings (SSSR count). The monoisotopic (exact) mass is 371 g/mol. The highest BCUT2D eigenvalue weighted by Gasteiger charge is 2.74. The van der Waals surface area contributed by atoms with E-state index < -0.39 is 23.2 Å². The molecule has 4 aliphatic heterocycles. The van der Waals surface area contributed by atoms with Crippen LogP contribution in [0.2, 0.25) is 0 Å². The van der Waals surface area contributed by atoms with Crippen LogP contribution in [0.15, 0.2) is 18.2 Å². The zero-order chi connectivity index (χ0) is 19.1. The fourth-order valence-electron chi connectivity index (χ4n) is 5.81. The first kappa shape index (κ1) is 16.9. The molecule has 1 N–H and O–H groups in total. The van der Waals surface area contributed by atoms with Gasteiger partial charge in [-0.05, 0) is 50.9 Å². The number of carbonyl (C=O) groups excluding carboxylic acids is 3. The molecule has 0 saturated carbocycles. The lowest BCUT2D eigenvalue weighted by atomic mass is 9.75. The zero-order valence-electron chi connectivity index (χ0n) is 15.4. The molecule has 5 atom stereocenters. The van der Waals surface area contributed by atoms with E-state index in [0.29, 0.717) is 24.2 Å². The van der Waals surface area contributed by atoms with E-state index in [9.17, 15) is 18.8 Å². The smallest absolute Gasteiger partial charge is 0.250 e. The number of fused-ring (bicyclic) bond motifs is 7. The number of benzene rings is 1. The van der Waals surface area contributed by atoms with Crippen molar-refractivity contribution in [1.29, 1.82) is 0 Å². The Morgan fingerprint density at radius 3 is 2.81 bits per heavy atom. The van der Waals surface area contributed by atoms with Gasteiger partial charge in [-0.2, -0.15) is 0 Å². The van der Waals surface area contributed by atoms with Gasteiger partial charge in [0.2, 0.25) is 17.7 Å². The molecule has 4 aliphatic rings. The first-order valence-electron chi connectivity index (χ1n) is 9.68. The highest BCUT2D eigenvalue weighted by Crippen LogP contribution is 2.60. The summed E-state index contributed by atoms with van der Waals surface area (Å²) in [5, 5.41) is 2.85. The van der Waals surface area contributed by atoms with Crippen molar-refractivity contribution in [2.45, 2.75) is 50.7 Å². The summed E-state index contributed by atoms with van der Waals surface area (Å²) >= 11 is 0. The van der Waals surface area contributed by atoms with Crippen LogP contribution in [0.5, 0.6) is 0 Å². The molecule has 1 spiro atoms. The molecule has 5 unspecified atom stereocenters. The fourth-order valence-corrected chi connectivity index (χ4v) is 5.81. The Hall–Kier alpha value is -2.28. The molecule has 3 saturated heterocycles. The third kappa shape index (κ3) is 1.81. The van der Waals surface area contributed by atoms with Gasteiger partial charge in [-0.3, -0.25) is 24.2 Å². The van der Waals surface area contributed by atoms with Crippen molar-refractivity contribution in [3.63, 3.8) is 0 Å². The third-order valence-corrected chi connectivity index (χ3v) is 7.02. The van der Waals surface area contributed by atoms with Gasteiger partial charge < -0.3 is 5.32 Å². The Bertz CT molecular complexity index is 887. The predicted molar refractivity (Wildman–Crippen MR) is 95.0 cm³/mol. The lowest BCUT2D eigenvalue weighted by Crippen LogP contribution is -2.54. The predicted octanol–water partition coefficient (Wildman–Crippen LogP) is 1.85. The average Bonchev–Trinajstić information content (AvgIpc) is 3.33. The van der Waals surface area contributed by atoms with E-state index >= 15 is 0 Å². The molecule has 0 bridgehead atoms. The molecule has 3 amide bonds. The molecular weight excluding hydrogens is 349 g/mol. The number of likely N-dealkylation sites (tertiary alicyclic amines) is 1. The first-order chi connectivity index (χ1) is 12.9. The molecule has 7 heteroatoms. The Morgan fingerprint density at radius 2 is 2.07 bits per heavy atom. The van der Waals surface area contributed by atoms with Gasteiger partial charge in [0.05, 0.1) is 11.8 Å². The van der Waals surface area contributed by atoms with E-state index in [4.69, 9.17) is 0 Å². The van der Waals surface area contributed by atoms with Gasteiger partial charge in [0.25, 0.3) is 0 Å². The number of hydrogen-bond acceptors (Lipinski definition) is 4. The minimum absolute atomic E-state index is 0.152. The van der Waals surface area contributed by atoms with Crippen molar-refractivity contribution in [2.24, 2.45) is 11.8 Å². The van der Waals surface area contributed by atoms with E-state index in [1.165, 1.54) is 17.0 Å². The van der Waals surface area contributed by atoms with E-state index in [0.717, 1.165) is 12.8 Å². The van der Waals surface area contributed by atoms with Gasteiger partial charge in [0.15, 0.2) is 0 Å². The second-order valence-electron chi connectivity index (χ2n) is 8.12. The second-order valence-corrected chi connectivity index (χ2v) is 8.12. The SMILES string of the molecule is CCC(C)N1C(=O)C2C3CCCN3C3(C(=O)Nc4ccc(F)cc43)C2C1=O. The molecule has 4 heterocycles. The van der Waals surface area contributed by atoms with E-state index in [-0.39, 0.29) is 29.8 Å². The maximum atomic E-state index is 14.1. The molecule has 27 heavy (non-hydrogen) atoms. The van der Waals surface area contributed by atoms with Gasteiger partial charge in [-0.15, -0.1) is 0 Å². The fraction of sp³-hybridized carbons (Fsp3) is 0.550. The van der Waals surface area contributed by atoms with Gasteiger partial charge in [0, 0.05) is 23.3 Å². The third-order valence-electron chi connectivity index (χ3n) is 7.02. The van der Waals surface area contributed by atoms with E-state index in [2.05, 4.69) is 5.32 Å². The van der Waals surface area contributed by atoms with Crippen LogP contribution in [0.4, 0.5) is 10.1 Å². The molecule has 0 radical (unpaired) electrons. The molecule has 1 aromatic carbocycles. The number of hydrogen-bond donors (Lipinski definition) is 1. The minimum Gasteiger partial charge on any atom is -0.324 e. The number of anilines is 1. The van der Waals surface area contributed by atoms with E-state index in [1.54, 1.807) is 6.07 Å². The van der Waals surface area contributed by atoms with E-state index in [1.807, 2.05) is 18.7 Å². The molecule has 0 aromatic heterocycles. The van der Waals surface area contributed by atoms with Crippen molar-refractivity contribution in [2.75, 3.05) is 11.9 Å². The van der Waals surface area contributed by atoms with Gasteiger partial charge in [0.1, 0.15) is 11.4 Å². The van der Waals surface area contributed by atoms with Gasteiger partial charge in [-0.1, -0.05) is 6.92 Å². The number of nitrogens with zero attached hydrogens (tertiary/aromatic N) is 2.